The van der Waals surface area contributed by atoms with E-state index in [1.54, 1.807) is 6.07 Å². The molecule has 2 aliphatic heterocycles. The molecule has 0 saturated carbocycles. The number of nitro groups is 1. The van der Waals surface area contributed by atoms with Crippen LogP contribution in [0.4, 0.5) is 17.1 Å². The highest BCUT2D eigenvalue weighted by Gasteiger charge is 2.28. The first-order valence-corrected chi connectivity index (χ1v) is 6.78. The predicted octanol–water partition coefficient (Wildman–Crippen LogP) is 0.724. The fourth-order valence-electron chi connectivity index (χ4n) is 2.65. The number of hydrogen-bond donors (Lipinski definition) is 2. The predicted molar refractivity (Wildman–Crippen MR) is 76.9 cm³/mol. The number of fused-ring (bicyclic) bond motifs is 1. The number of carbonyl (C=O) groups excluding carboxylic acids is 1. The molecular weight excluding hydrogens is 276 g/mol. The van der Waals surface area contributed by atoms with Gasteiger partial charge in [-0.25, -0.2) is 0 Å². The van der Waals surface area contributed by atoms with Crippen LogP contribution in [0.5, 0.6) is 5.75 Å². The van der Waals surface area contributed by atoms with Gasteiger partial charge >= 0.3 is 0 Å². The van der Waals surface area contributed by atoms with E-state index in [0.717, 1.165) is 6.54 Å². The van der Waals surface area contributed by atoms with Gasteiger partial charge in [0.05, 0.1) is 16.7 Å². The molecule has 0 unspecified atom stereocenters. The second-order valence-corrected chi connectivity index (χ2v) is 5.23. The summed E-state index contributed by atoms with van der Waals surface area (Å²) in [6, 6.07) is 3.26. The number of nitrogens with zero attached hydrogens (tertiary/aromatic N) is 2. The molecule has 8 heteroatoms. The van der Waals surface area contributed by atoms with E-state index < -0.39 is 4.92 Å². The highest BCUT2D eigenvalue weighted by molar-refractivity contribution is 5.97. The summed E-state index contributed by atoms with van der Waals surface area (Å²) in [6.07, 6.45) is 0. The summed E-state index contributed by atoms with van der Waals surface area (Å²) in [5.74, 6) is 0.0872. The molecule has 3 rings (SSSR count). The topological polar surface area (TPSA) is 96.7 Å². The van der Waals surface area contributed by atoms with Gasteiger partial charge in [-0.05, 0) is 13.0 Å². The minimum atomic E-state index is -0.415. The Labute approximate surface area is 121 Å². The van der Waals surface area contributed by atoms with Crippen LogP contribution < -0.4 is 20.3 Å². The van der Waals surface area contributed by atoms with Gasteiger partial charge in [0.1, 0.15) is 5.69 Å². The minimum absolute atomic E-state index is 0.000927. The summed E-state index contributed by atoms with van der Waals surface area (Å²) < 4.78 is 5.24. The second kappa shape index (κ2) is 5.21. The maximum atomic E-state index is 11.4. The molecule has 0 aromatic heterocycles. The van der Waals surface area contributed by atoms with Gasteiger partial charge in [-0.3, -0.25) is 14.9 Å². The van der Waals surface area contributed by atoms with Crippen LogP contribution in [0.25, 0.3) is 0 Å². The molecule has 0 bridgehead atoms. The number of carbonyl (C=O) groups is 1. The highest BCUT2D eigenvalue weighted by Crippen LogP contribution is 2.39. The standard InChI is InChI=1S/C13H16N4O4/c1-8-6-16(3-2-14-8)10-4-9-12(5-11(10)17(19)20)21-7-13(18)15-9/h4-5,8,14H,2-3,6-7H2,1H3,(H,15,18)/t8-/m1/s1. The van der Waals surface area contributed by atoms with Crippen molar-refractivity contribution < 1.29 is 14.5 Å². The number of anilines is 2. The van der Waals surface area contributed by atoms with E-state index in [1.165, 1.54) is 6.07 Å². The van der Waals surface area contributed by atoms with Gasteiger partial charge in [0.25, 0.3) is 11.6 Å². The average Bonchev–Trinajstić information content (AvgIpc) is 2.45. The van der Waals surface area contributed by atoms with Crippen LogP contribution in [0.2, 0.25) is 0 Å². The van der Waals surface area contributed by atoms with E-state index in [1.807, 2.05) is 11.8 Å². The Morgan fingerprint density at radius 2 is 2.29 bits per heavy atom. The van der Waals surface area contributed by atoms with Crippen LogP contribution in [0.3, 0.4) is 0 Å². The number of benzene rings is 1. The van der Waals surface area contributed by atoms with Gasteiger partial charge in [-0.2, -0.15) is 0 Å². The molecule has 8 nitrogen and oxygen atoms in total. The van der Waals surface area contributed by atoms with E-state index in [2.05, 4.69) is 10.6 Å². The van der Waals surface area contributed by atoms with Crippen LogP contribution in [0.1, 0.15) is 6.92 Å². The molecule has 2 heterocycles. The van der Waals surface area contributed by atoms with E-state index in [9.17, 15) is 14.9 Å². The van der Waals surface area contributed by atoms with E-state index in [-0.39, 0.29) is 24.2 Å². The van der Waals surface area contributed by atoms with Gasteiger partial charge < -0.3 is 20.3 Å². The molecule has 21 heavy (non-hydrogen) atoms. The molecule has 2 aliphatic rings. The number of piperazine rings is 1. The molecule has 2 N–H and O–H groups in total. The maximum Gasteiger partial charge on any atom is 0.296 e. The van der Waals surface area contributed by atoms with Crippen molar-refractivity contribution in [1.29, 1.82) is 0 Å². The fourth-order valence-corrected chi connectivity index (χ4v) is 2.65. The van der Waals surface area contributed by atoms with Gasteiger partial charge in [0.15, 0.2) is 12.4 Å². The van der Waals surface area contributed by atoms with Gasteiger partial charge in [0, 0.05) is 25.7 Å². The number of ether oxygens (including phenoxy) is 1. The highest BCUT2D eigenvalue weighted by atomic mass is 16.6. The minimum Gasteiger partial charge on any atom is -0.481 e. The zero-order valence-electron chi connectivity index (χ0n) is 11.6. The summed E-state index contributed by atoms with van der Waals surface area (Å²) in [4.78, 5) is 24.3. The Balaban J connectivity index is 2.02. The molecule has 1 saturated heterocycles. The van der Waals surface area contributed by atoms with Crippen LogP contribution in [-0.4, -0.2) is 43.1 Å². The van der Waals surface area contributed by atoms with Gasteiger partial charge in [0.2, 0.25) is 0 Å². The van der Waals surface area contributed by atoms with E-state index in [4.69, 9.17) is 4.74 Å². The maximum absolute atomic E-state index is 11.4. The fraction of sp³-hybridized carbons (Fsp3) is 0.462. The van der Waals surface area contributed by atoms with Crippen molar-refractivity contribution in [2.75, 3.05) is 36.5 Å². The normalized spacial score (nSPS) is 21.3. The first kappa shape index (κ1) is 13.6. The molecule has 0 aliphatic carbocycles. The molecule has 112 valence electrons. The molecule has 1 fully saturated rings. The number of rotatable bonds is 2. The Kier molecular flexibility index (Phi) is 3.38. The molecule has 1 aromatic rings. The molecule has 1 amide bonds. The first-order valence-electron chi connectivity index (χ1n) is 6.78. The first-order chi connectivity index (χ1) is 10.0. The van der Waals surface area contributed by atoms with Crippen molar-refractivity contribution in [1.82, 2.24) is 5.32 Å². The lowest BCUT2D eigenvalue weighted by Gasteiger charge is -2.33. The summed E-state index contributed by atoms with van der Waals surface area (Å²) in [7, 11) is 0. The van der Waals surface area contributed by atoms with Crippen molar-refractivity contribution in [3.63, 3.8) is 0 Å². The van der Waals surface area contributed by atoms with Crippen LogP contribution in [0.15, 0.2) is 12.1 Å². The Morgan fingerprint density at radius 1 is 1.48 bits per heavy atom. The van der Waals surface area contributed by atoms with Crippen LogP contribution in [-0.2, 0) is 4.79 Å². The average molecular weight is 292 g/mol. The van der Waals surface area contributed by atoms with Crippen molar-refractivity contribution in [2.45, 2.75) is 13.0 Å². The van der Waals surface area contributed by atoms with Crippen molar-refractivity contribution in [2.24, 2.45) is 0 Å². The number of nitrogens with one attached hydrogen (secondary N) is 2. The van der Waals surface area contributed by atoms with E-state index >= 15 is 0 Å². The van der Waals surface area contributed by atoms with Crippen molar-refractivity contribution in [3.8, 4) is 5.75 Å². The Morgan fingerprint density at radius 3 is 3.00 bits per heavy atom. The molecule has 0 spiro atoms. The lowest BCUT2D eigenvalue weighted by molar-refractivity contribution is -0.384. The van der Waals surface area contributed by atoms with E-state index in [0.29, 0.717) is 30.2 Å². The third-order valence-corrected chi connectivity index (χ3v) is 3.62. The molecule has 1 aromatic carbocycles. The summed E-state index contributed by atoms with van der Waals surface area (Å²) in [5.41, 5.74) is 0.995. The van der Waals surface area contributed by atoms with Crippen molar-refractivity contribution >= 4 is 23.0 Å². The molecular formula is C13H16N4O4. The molecule has 0 radical (unpaired) electrons. The monoisotopic (exact) mass is 292 g/mol. The lowest BCUT2D eigenvalue weighted by atomic mass is 10.1. The van der Waals surface area contributed by atoms with Crippen molar-refractivity contribution in [3.05, 3.63) is 22.2 Å². The summed E-state index contributed by atoms with van der Waals surface area (Å²) >= 11 is 0. The number of amides is 1. The Bertz CT molecular complexity index is 604. The smallest absolute Gasteiger partial charge is 0.296 e. The summed E-state index contributed by atoms with van der Waals surface area (Å²) in [5, 5.41) is 17.3. The Hall–Kier alpha value is -2.35. The summed E-state index contributed by atoms with van der Waals surface area (Å²) in [6.45, 7) is 4.03. The van der Waals surface area contributed by atoms with Gasteiger partial charge in [-0.1, -0.05) is 0 Å². The quantitative estimate of drug-likeness (QED) is 0.616. The third-order valence-electron chi connectivity index (χ3n) is 3.62. The van der Waals surface area contributed by atoms with Crippen LogP contribution >= 0.6 is 0 Å². The SMILES string of the molecule is C[C@@H]1CN(c2cc3c(cc2[N+](=O)[O-])OCC(=O)N3)CCN1. The number of hydrogen-bond acceptors (Lipinski definition) is 6. The zero-order chi connectivity index (χ0) is 15.0. The molecule has 1 atom stereocenters. The van der Waals surface area contributed by atoms with Gasteiger partial charge in [-0.15, -0.1) is 0 Å². The lowest BCUT2D eigenvalue weighted by Crippen LogP contribution is -2.49. The third kappa shape index (κ3) is 2.62. The second-order valence-electron chi connectivity index (χ2n) is 5.23. The number of nitro benzene ring substituents is 1. The zero-order valence-corrected chi connectivity index (χ0v) is 11.6. The largest absolute Gasteiger partial charge is 0.481 e. The van der Waals surface area contributed by atoms with Crippen LogP contribution in [0, 0.1) is 10.1 Å².